The molecule has 8 nitrogen and oxygen atoms in total. The number of hydrogen-bond acceptors (Lipinski definition) is 6. The zero-order chi connectivity index (χ0) is 19.2. The summed E-state index contributed by atoms with van der Waals surface area (Å²) in [5, 5.41) is 15.2. The maximum atomic E-state index is 12.6. The average Bonchev–Trinajstić information content (AvgIpc) is 3.13. The van der Waals surface area contributed by atoms with Gasteiger partial charge in [-0.15, -0.1) is 10.2 Å². The number of benzene rings is 1. The Labute approximate surface area is 157 Å². The van der Waals surface area contributed by atoms with Gasteiger partial charge in [-0.2, -0.15) is 5.10 Å². The van der Waals surface area contributed by atoms with Crippen LogP contribution in [0.2, 0.25) is 0 Å². The van der Waals surface area contributed by atoms with Crippen molar-refractivity contribution in [2.24, 2.45) is 7.05 Å². The molecule has 0 aliphatic rings. The van der Waals surface area contributed by atoms with E-state index in [9.17, 15) is 4.79 Å². The third-order valence-corrected chi connectivity index (χ3v) is 4.15. The number of ether oxygens (including phenoxy) is 2. The van der Waals surface area contributed by atoms with Crippen molar-refractivity contribution in [3.8, 4) is 17.1 Å². The monoisotopic (exact) mass is 367 g/mol. The molecule has 2 aromatic heterocycles. The van der Waals surface area contributed by atoms with E-state index in [1.807, 2.05) is 31.3 Å². The summed E-state index contributed by atoms with van der Waals surface area (Å²) in [7, 11) is 4.97. The molecule has 0 spiro atoms. The van der Waals surface area contributed by atoms with Gasteiger partial charge in [0.05, 0.1) is 31.1 Å². The summed E-state index contributed by atoms with van der Waals surface area (Å²) in [5.41, 5.74) is 2.98. The lowest BCUT2D eigenvalue weighted by atomic mass is 10.1. The van der Waals surface area contributed by atoms with Crippen LogP contribution < -0.4 is 10.1 Å². The summed E-state index contributed by atoms with van der Waals surface area (Å²) < 4.78 is 12.0. The van der Waals surface area contributed by atoms with Crippen LogP contribution in [0, 0.1) is 0 Å². The van der Waals surface area contributed by atoms with Crippen molar-refractivity contribution in [1.29, 1.82) is 0 Å². The minimum atomic E-state index is -0.290. The van der Waals surface area contributed by atoms with Crippen LogP contribution in [0.3, 0.4) is 0 Å². The fraction of sp³-hybridized carbons (Fsp3) is 0.263. The summed E-state index contributed by atoms with van der Waals surface area (Å²) in [6, 6.07) is 12.3. The maximum Gasteiger partial charge on any atom is 0.251 e. The van der Waals surface area contributed by atoms with Crippen LogP contribution in [0.4, 0.5) is 0 Å². The van der Waals surface area contributed by atoms with Crippen molar-refractivity contribution >= 4 is 5.91 Å². The Morgan fingerprint density at radius 3 is 2.44 bits per heavy atom. The molecule has 8 heteroatoms. The van der Waals surface area contributed by atoms with Crippen molar-refractivity contribution in [1.82, 2.24) is 25.3 Å². The Hall–Kier alpha value is -3.26. The highest BCUT2D eigenvalue weighted by Gasteiger charge is 2.18. The quantitative estimate of drug-likeness (QED) is 0.687. The molecule has 1 unspecified atom stereocenters. The minimum absolute atomic E-state index is 0.189. The normalized spacial score (nSPS) is 11.8. The van der Waals surface area contributed by atoms with Crippen LogP contribution in [-0.2, 0) is 11.8 Å². The molecule has 3 aromatic rings. The highest BCUT2D eigenvalue weighted by atomic mass is 16.5. The third kappa shape index (κ3) is 4.29. The molecule has 3 rings (SSSR count). The van der Waals surface area contributed by atoms with Gasteiger partial charge >= 0.3 is 0 Å². The lowest BCUT2D eigenvalue weighted by Gasteiger charge is -2.18. The van der Waals surface area contributed by atoms with Gasteiger partial charge in [-0.25, -0.2) is 0 Å². The molecule has 2 heterocycles. The van der Waals surface area contributed by atoms with Gasteiger partial charge < -0.3 is 14.8 Å². The smallest absolute Gasteiger partial charge is 0.251 e. The van der Waals surface area contributed by atoms with E-state index in [4.69, 9.17) is 9.47 Å². The number of methoxy groups -OCH3 is 2. The van der Waals surface area contributed by atoms with Crippen molar-refractivity contribution in [3.63, 3.8) is 0 Å². The van der Waals surface area contributed by atoms with E-state index < -0.39 is 0 Å². The zero-order valence-corrected chi connectivity index (χ0v) is 15.4. The maximum absolute atomic E-state index is 12.6. The minimum Gasteiger partial charge on any atom is -0.480 e. The molecule has 27 heavy (non-hydrogen) atoms. The largest absolute Gasteiger partial charge is 0.480 e. The predicted octanol–water partition coefficient (Wildman–Crippen LogP) is 2.00. The van der Waals surface area contributed by atoms with E-state index in [0.29, 0.717) is 23.7 Å². The first-order chi connectivity index (χ1) is 13.1. The van der Waals surface area contributed by atoms with Gasteiger partial charge in [-0.05, 0) is 24.3 Å². The molecule has 0 aliphatic heterocycles. The molecule has 0 bridgehead atoms. The summed E-state index contributed by atoms with van der Waals surface area (Å²) in [4.78, 5) is 12.6. The van der Waals surface area contributed by atoms with Gasteiger partial charge in [0.15, 0.2) is 0 Å². The number of rotatable bonds is 7. The van der Waals surface area contributed by atoms with Crippen molar-refractivity contribution < 1.29 is 14.3 Å². The summed E-state index contributed by atoms with van der Waals surface area (Å²) in [6.45, 7) is 0.352. The lowest BCUT2D eigenvalue weighted by Crippen LogP contribution is -2.32. The van der Waals surface area contributed by atoms with Gasteiger partial charge in [-0.3, -0.25) is 9.48 Å². The number of aromatic nitrogens is 4. The summed E-state index contributed by atoms with van der Waals surface area (Å²) in [5.74, 6) is 0.264. The Kier molecular flexibility index (Phi) is 5.77. The number of aryl methyl sites for hydroxylation is 1. The van der Waals surface area contributed by atoms with Crippen molar-refractivity contribution in [3.05, 3.63) is 59.9 Å². The molecular weight excluding hydrogens is 346 g/mol. The second-order valence-corrected chi connectivity index (χ2v) is 5.90. The van der Waals surface area contributed by atoms with Gasteiger partial charge in [0.2, 0.25) is 5.88 Å². The van der Waals surface area contributed by atoms with Gasteiger partial charge in [-0.1, -0.05) is 12.1 Å². The molecule has 0 aliphatic carbocycles. The molecule has 0 fully saturated rings. The van der Waals surface area contributed by atoms with Crippen LogP contribution in [0.15, 0.2) is 48.7 Å². The van der Waals surface area contributed by atoms with E-state index in [2.05, 4.69) is 20.6 Å². The molecule has 0 saturated heterocycles. The second kappa shape index (κ2) is 8.41. The Bertz CT molecular complexity index is 890. The molecular formula is C19H21N5O3. The topological polar surface area (TPSA) is 91.2 Å². The van der Waals surface area contributed by atoms with E-state index in [0.717, 1.165) is 11.3 Å². The Morgan fingerprint density at radius 2 is 1.89 bits per heavy atom. The number of amides is 1. The highest BCUT2D eigenvalue weighted by Crippen LogP contribution is 2.19. The first kappa shape index (κ1) is 18.5. The molecule has 1 atom stereocenters. The van der Waals surface area contributed by atoms with E-state index in [-0.39, 0.29) is 11.9 Å². The standard InChI is InChI=1S/C19H21N5O3/c1-24-17(10-11-20-24)16(12-26-2)21-19(25)14-6-4-13(5-7-14)15-8-9-18(27-3)23-22-15/h4-11,16H,12H2,1-3H3,(H,21,25). The molecule has 0 radical (unpaired) electrons. The van der Waals surface area contributed by atoms with Gasteiger partial charge in [0.25, 0.3) is 5.91 Å². The lowest BCUT2D eigenvalue weighted by molar-refractivity contribution is 0.0892. The number of hydrogen-bond donors (Lipinski definition) is 1. The van der Waals surface area contributed by atoms with Crippen LogP contribution in [0.25, 0.3) is 11.3 Å². The first-order valence-corrected chi connectivity index (χ1v) is 8.38. The fourth-order valence-electron chi connectivity index (χ4n) is 2.71. The summed E-state index contributed by atoms with van der Waals surface area (Å²) in [6.07, 6.45) is 1.69. The Balaban J connectivity index is 1.73. The number of nitrogens with one attached hydrogen (secondary N) is 1. The number of nitrogens with zero attached hydrogens (tertiary/aromatic N) is 4. The van der Waals surface area contributed by atoms with Gasteiger partial charge in [0.1, 0.15) is 0 Å². The van der Waals surface area contributed by atoms with Crippen LogP contribution in [0.1, 0.15) is 22.1 Å². The van der Waals surface area contributed by atoms with Crippen LogP contribution in [0.5, 0.6) is 5.88 Å². The molecule has 1 amide bonds. The van der Waals surface area contributed by atoms with E-state index in [1.165, 1.54) is 0 Å². The van der Waals surface area contributed by atoms with Crippen molar-refractivity contribution in [2.75, 3.05) is 20.8 Å². The average molecular weight is 367 g/mol. The predicted molar refractivity (Wildman–Crippen MR) is 99.3 cm³/mol. The highest BCUT2D eigenvalue weighted by molar-refractivity contribution is 5.94. The van der Waals surface area contributed by atoms with Crippen LogP contribution in [-0.4, -0.2) is 46.7 Å². The molecule has 0 saturated carbocycles. The molecule has 140 valence electrons. The number of carbonyl (C=O) groups excluding carboxylic acids is 1. The molecule has 1 N–H and O–H groups in total. The van der Waals surface area contributed by atoms with E-state index in [1.54, 1.807) is 43.3 Å². The van der Waals surface area contributed by atoms with Gasteiger partial charge in [0, 0.05) is 37.5 Å². The Morgan fingerprint density at radius 1 is 1.11 bits per heavy atom. The zero-order valence-electron chi connectivity index (χ0n) is 15.4. The second-order valence-electron chi connectivity index (χ2n) is 5.90. The fourth-order valence-corrected chi connectivity index (χ4v) is 2.71. The number of carbonyl (C=O) groups is 1. The van der Waals surface area contributed by atoms with Crippen molar-refractivity contribution in [2.45, 2.75) is 6.04 Å². The SMILES string of the molecule is COCC(NC(=O)c1ccc(-c2ccc(OC)nn2)cc1)c1ccnn1C. The van der Waals surface area contributed by atoms with Crippen LogP contribution >= 0.6 is 0 Å². The van der Waals surface area contributed by atoms with E-state index >= 15 is 0 Å². The first-order valence-electron chi connectivity index (χ1n) is 8.38. The third-order valence-electron chi connectivity index (χ3n) is 4.15. The molecule has 1 aromatic carbocycles. The summed E-state index contributed by atoms with van der Waals surface area (Å²) >= 11 is 0.